The Balaban J connectivity index is 2.39. The number of methoxy groups -OCH3 is 1. The van der Waals surface area contributed by atoms with Crippen molar-refractivity contribution < 1.29 is 13.2 Å². The molecule has 2 rings (SSSR count). The summed E-state index contributed by atoms with van der Waals surface area (Å²) in [6.07, 6.45) is 0. The molecule has 0 saturated carbocycles. The monoisotopic (exact) mass is 401 g/mol. The van der Waals surface area contributed by atoms with Gasteiger partial charge in [-0.3, -0.25) is 0 Å². The summed E-state index contributed by atoms with van der Waals surface area (Å²) >= 11 is 12.2. The quantitative estimate of drug-likeness (QED) is 0.769. The second-order valence-electron chi connectivity index (χ2n) is 6.03. The summed E-state index contributed by atoms with van der Waals surface area (Å²) in [6.45, 7) is 7.79. The van der Waals surface area contributed by atoms with Crippen LogP contribution in [0.1, 0.15) is 35.2 Å². The summed E-state index contributed by atoms with van der Waals surface area (Å²) in [5, 5.41) is 0.0135. The van der Waals surface area contributed by atoms with Crippen LogP contribution in [-0.2, 0) is 10.0 Å². The van der Waals surface area contributed by atoms with Gasteiger partial charge in [-0.25, -0.2) is 13.1 Å². The SMILES string of the molecule is COc1ccc(S(=O)(=O)NC(C)c2cc(C)c(C)cc2C)c(Cl)c1Cl. The Labute approximate surface area is 159 Å². The Kier molecular flexibility index (Phi) is 6.05. The summed E-state index contributed by atoms with van der Waals surface area (Å²) in [5.74, 6) is 0.323. The highest BCUT2D eigenvalue weighted by atomic mass is 35.5. The fourth-order valence-corrected chi connectivity index (χ4v) is 4.75. The van der Waals surface area contributed by atoms with Gasteiger partial charge in [-0.15, -0.1) is 0 Å². The van der Waals surface area contributed by atoms with Crippen LogP contribution in [0.25, 0.3) is 0 Å². The van der Waals surface area contributed by atoms with E-state index < -0.39 is 16.1 Å². The first-order valence-electron chi connectivity index (χ1n) is 7.70. The number of hydrogen-bond donors (Lipinski definition) is 1. The molecule has 0 heterocycles. The Morgan fingerprint density at radius 3 is 2.20 bits per heavy atom. The molecule has 2 aromatic rings. The van der Waals surface area contributed by atoms with Gasteiger partial charge in [0, 0.05) is 6.04 Å². The summed E-state index contributed by atoms with van der Waals surface area (Å²) in [4.78, 5) is -0.0756. The lowest BCUT2D eigenvalue weighted by molar-refractivity contribution is 0.414. The third-order valence-corrected chi connectivity index (χ3v) is 6.76. The summed E-state index contributed by atoms with van der Waals surface area (Å²) < 4.78 is 33.2. The van der Waals surface area contributed by atoms with Gasteiger partial charge in [0.25, 0.3) is 0 Å². The largest absolute Gasteiger partial charge is 0.495 e. The number of sulfonamides is 1. The fourth-order valence-electron chi connectivity index (χ4n) is 2.69. The van der Waals surface area contributed by atoms with E-state index >= 15 is 0 Å². The minimum Gasteiger partial charge on any atom is -0.495 e. The maximum Gasteiger partial charge on any atom is 0.242 e. The highest BCUT2D eigenvalue weighted by Crippen LogP contribution is 2.37. The van der Waals surface area contributed by atoms with Crippen molar-refractivity contribution in [3.63, 3.8) is 0 Å². The Morgan fingerprint density at radius 2 is 1.60 bits per heavy atom. The standard InChI is InChI=1S/C18H21Cl2NO3S/c1-10-8-12(3)14(9-11(10)2)13(4)21-25(22,23)16-7-6-15(24-5)17(19)18(16)20/h6-9,13,21H,1-5H3. The summed E-state index contributed by atoms with van der Waals surface area (Å²) in [7, 11) is -2.41. The number of aryl methyl sites for hydroxylation is 3. The summed E-state index contributed by atoms with van der Waals surface area (Å²) in [5.41, 5.74) is 4.22. The minimum atomic E-state index is -3.85. The molecule has 0 saturated heterocycles. The molecule has 1 unspecified atom stereocenters. The van der Waals surface area contributed by atoms with Crippen LogP contribution >= 0.6 is 23.2 Å². The molecule has 0 spiro atoms. The molecule has 4 nitrogen and oxygen atoms in total. The van der Waals surface area contributed by atoms with Crippen molar-refractivity contribution in [2.75, 3.05) is 7.11 Å². The molecule has 0 amide bonds. The molecule has 136 valence electrons. The van der Waals surface area contributed by atoms with Crippen molar-refractivity contribution in [1.29, 1.82) is 0 Å². The lowest BCUT2D eigenvalue weighted by atomic mass is 9.97. The van der Waals surface area contributed by atoms with Crippen LogP contribution in [0.2, 0.25) is 10.0 Å². The molecule has 1 N–H and O–H groups in total. The molecule has 0 aliphatic heterocycles. The van der Waals surface area contributed by atoms with Crippen LogP contribution in [0.4, 0.5) is 0 Å². The topological polar surface area (TPSA) is 55.4 Å². The molecule has 0 bridgehead atoms. The predicted octanol–water partition coefficient (Wildman–Crippen LogP) is 4.97. The minimum absolute atomic E-state index is 0.0578. The molecular formula is C18H21Cl2NO3S. The van der Waals surface area contributed by atoms with Crippen LogP contribution in [0.15, 0.2) is 29.2 Å². The van der Waals surface area contributed by atoms with Crippen molar-refractivity contribution in [3.05, 3.63) is 56.6 Å². The molecule has 0 aliphatic carbocycles. The molecule has 0 radical (unpaired) electrons. The zero-order valence-electron chi connectivity index (χ0n) is 14.8. The Bertz CT molecular complexity index is 911. The van der Waals surface area contributed by atoms with Gasteiger partial charge in [-0.1, -0.05) is 35.3 Å². The highest BCUT2D eigenvalue weighted by Gasteiger charge is 2.24. The highest BCUT2D eigenvalue weighted by molar-refractivity contribution is 7.89. The number of benzene rings is 2. The van der Waals surface area contributed by atoms with E-state index in [0.717, 1.165) is 16.7 Å². The zero-order valence-corrected chi connectivity index (χ0v) is 17.1. The van der Waals surface area contributed by atoms with E-state index in [-0.39, 0.29) is 14.9 Å². The van der Waals surface area contributed by atoms with Crippen LogP contribution < -0.4 is 9.46 Å². The van der Waals surface area contributed by atoms with Crippen molar-refractivity contribution in [2.24, 2.45) is 0 Å². The molecule has 7 heteroatoms. The third-order valence-electron chi connectivity index (χ3n) is 4.20. The number of ether oxygens (including phenoxy) is 1. The van der Waals surface area contributed by atoms with Gasteiger partial charge >= 0.3 is 0 Å². The van der Waals surface area contributed by atoms with Crippen LogP contribution in [0.5, 0.6) is 5.75 Å². The van der Waals surface area contributed by atoms with E-state index in [4.69, 9.17) is 27.9 Å². The van der Waals surface area contributed by atoms with Crippen LogP contribution in [-0.4, -0.2) is 15.5 Å². The molecule has 0 aromatic heterocycles. The maximum absolute atomic E-state index is 12.8. The predicted molar refractivity (Wildman–Crippen MR) is 102 cm³/mol. The van der Waals surface area contributed by atoms with E-state index in [1.54, 1.807) is 6.92 Å². The number of hydrogen-bond acceptors (Lipinski definition) is 3. The normalized spacial score (nSPS) is 12.9. The lowest BCUT2D eigenvalue weighted by Crippen LogP contribution is -2.27. The lowest BCUT2D eigenvalue weighted by Gasteiger charge is -2.19. The van der Waals surface area contributed by atoms with E-state index in [2.05, 4.69) is 4.72 Å². The Morgan fingerprint density at radius 1 is 1.00 bits per heavy atom. The molecule has 0 fully saturated rings. The van der Waals surface area contributed by atoms with Crippen molar-refractivity contribution in [3.8, 4) is 5.75 Å². The van der Waals surface area contributed by atoms with Gasteiger partial charge < -0.3 is 4.74 Å². The number of halogens is 2. The second-order valence-corrected chi connectivity index (χ2v) is 8.47. The van der Waals surface area contributed by atoms with E-state index in [0.29, 0.717) is 5.75 Å². The third kappa shape index (κ3) is 4.11. The van der Waals surface area contributed by atoms with Gasteiger partial charge in [0.1, 0.15) is 15.7 Å². The van der Waals surface area contributed by atoms with Gasteiger partial charge in [-0.05, 0) is 62.1 Å². The Hall–Kier alpha value is -1.27. The number of rotatable bonds is 5. The van der Waals surface area contributed by atoms with Crippen molar-refractivity contribution in [1.82, 2.24) is 4.72 Å². The van der Waals surface area contributed by atoms with E-state index in [1.165, 1.54) is 24.8 Å². The molecule has 0 aliphatic rings. The molecular weight excluding hydrogens is 381 g/mol. The van der Waals surface area contributed by atoms with Gasteiger partial charge in [0.2, 0.25) is 10.0 Å². The average molecular weight is 402 g/mol. The smallest absolute Gasteiger partial charge is 0.242 e. The van der Waals surface area contributed by atoms with Gasteiger partial charge in [0.05, 0.1) is 12.1 Å². The molecule has 25 heavy (non-hydrogen) atoms. The van der Waals surface area contributed by atoms with Crippen LogP contribution in [0.3, 0.4) is 0 Å². The van der Waals surface area contributed by atoms with Crippen LogP contribution in [0, 0.1) is 20.8 Å². The van der Waals surface area contributed by atoms with Crippen molar-refractivity contribution >= 4 is 33.2 Å². The molecule has 1 atom stereocenters. The van der Waals surface area contributed by atoms with Crippen molar-refractivity contribution in [2.45, 2.75) is 38.6 Å². The fraction of sp³-hybridized carbons (Fsp3) is 0.333. The summed E-state index contributed by atoms with van der Waals surface area (Å²) in [6, 6.07) is 6.50. The van der Waals surface area contributed by atoms with E-state index in [9.17, 15) is 8.42 Å². The zero-order chi connectivity index (χ0) is 18.9. The van der Waals surface area contributed by atoms with E-state index in [1.807, 2.05) is 32.9 Å². The first kappa shape index (κ1) is 20.0. The maximum atomic E-state index is 12.8. The second kappa shape index (κ2) is 7.54. The first-order valence-corrected chi connectivity index (χ1v) is 9.94. The van der Waals surface area contributed by atoms with Gasteiger partial charge in [0.15, 0.2) is 0 Å². The first-order chi connectivity index (χ1) is 11.6. The average Bonchev–Trinajstić information content (AvgIpc) is 2.52. The van der Waals surface area contributed by atoms with Gasteiger partial charge in [-0.2, -0.15) is 0 Å². The number of nitrogens with one attached hydrogen (secondary N) is 1. The molecule has 2 aromatic carbocycles.